The Balaban J connectivity index is 1.25. The molecular weight excluding hydrogens is 599 g/mol. The first kappa shape index (κ1) is 27.9. The van der Waals surface area contributed by atoms with Crippen molar-refractivity contribution in [3.63, 3.8) is 0 Å². The van der Waals surface area contributed by atoms with Gasteiger partial charge in [-0.05, 0) is 80.9 Å². The Bertz CT molecular complexity index is 2530. The zero-order valence-electron chi connectivity index (χ0n) is 27.6. The minimum Gasteiger partial charge on any atom is -0.310 e. The van der Waals surface area contributed by atoms with Crippen LogP contribution in [0.5, 0.6) is 0 Å². The van der Waals surface area contributed by atoms with Crippen LogP contribution in [0.15, 0.2) is 140 Å². The van der Waals surface area contributed by atoms with Gasteiger partial charge in [0.2, 0.25) is 0 Å². The van der Waals surface area contributed by atoms with Crippen LogP contribution < -0.4 is 4.90 Å². The van der Waals surface area contributed by atoms with Crippen LogP contribution >= 0.6 is 11.3 Å². The van der Waals surface area contributed by atoms with Gasteiger partial charge in [-0.2, -0.15) is 0 Å². The van der Waals surface area contributed by atoms with E-state index in [9.17, 15) is 0 Å². The fourth-order valence-electron chi connectivity index (χ4n) is 8.84. The Morgan fingerprint density at radius 3 is 1.56 bits per heavy atom. The molecule has 0 amide bonds. The summed E-state index contributed by atoms with van der Waals surface area (Å²) in [7, 11) is 0. The summed E-state index contributed by atoms with van der Waals surface area (Å²) >= 11 is 1.90. The molecule has 2 aliphatic rings. The van der Waals surface area contributed by atoms with Crippen molar-refractivity contribution in [1.29, 1.82) is 0 Å². The first-order valence-electron chi connectivity index (χ1n) is 16.9. The number of rotatable bonds is 3. The van der Waals surface area contributed by atoms with Crippen LogP contribution in [0, 0.1) is 0 Å². The van der Waals surface area contributed by atoms with E-state index in [2.05, 4.69) is 172 Å². The van der Waals surface area contributed by atoms with Gasteiger partial charge in [0.1, 0.15) is 0 Å². The van der Waals surface area contributed by atoms with Crippen LogP contribution in [0.25, 0.3) is 53.2 Å². The standard InChI is InChI=1S/C46H35NS/c1-45(2)38-16-8-5-12-30(38)36-26-28(20-24-40(36)45)47(29-21-25-41-37(27-29)31-13-6-9-17-39(31)46(41,3)4)42-18-11-15-34-32(42)22-23-35-33-14-7-10-19-43(33)48-44(34)35/h5-27H,1-4H3. The predicted molar refractivity (Wildman–Crippen MR) is 207 cm³/mol. The predicted octanol–water partition coefficient (Wildman–Crippen LogP) is 13.3. The van der Waals surface area contributed by atoms with Crippen LogP contribution in [0.4, 0.5) is 17.1 Å². The maximum absolute atomic E-state index is 2.50. The summed E-state index contributed by atoms with van der Waals surface area (Å²) in [6.07, 6.45) is 0. The lowest BCUT2D eigenvalue weighted by Crippen LogP contribution is -2.16. The third-order valence-electron chi connectivity index (χ3n) is 11.3. The molecule has 1 aromatic heterocycles. The highest BCUT2D eigenvalue weighted by Crippen LogP contribution is 2.54. The van der Waals surface area contributed by atoms with Gasteiger partial charge in [0.05, 0.1) is 5.69 Å². The Kier molecular flexibility index (Phi) is 5.63. The molecule has 1 nitrogen and oxygen atoms in total. The SMILES string of the molecule is CC1(C)c2ccccc2-c2cc(N(c3ccc4c(c3)-c3ccccc3C4(C)C)c3cccc4c3ccc3c5ccccc5sc43)ccc21. The van der Waals surface area contributed by atoms with E-state index in [0.29, 0.717) is 0 Å². The quantitative estimate of drug-likeness (QED) is 0.187. The first-order valence-corrected chi connectivity index (χ1v) is 17.8. The topological polar surface area (TPSA) is 3.24 Å². The lowest BCUT2D eigenvalue weighted by Gasteiger charge is -2.29. The van der Waals surface area contributed by atoms with Crippen molar-refractivity contribution in [2.75, 3.05) is 4.90 Å². The van der Waals surface area contributed by atoms with Crippen LogP contribution in [0.2, 0.25) is 0 Å². The maximum atomic E-state index is 2.50. The molecule has 7 aromatic carbocycles. The van der Waals surface area contributed by atoms with E-state index >= 15 is 0 Å². The van der Waals surface area contributed by atoms with Gasteiger partial charge in [-0.15, -0.1) is 11.3 Å². The van der Waals surface area contributed by atoms with E-state index in [1.807, 2.05) is 11.3 Å². The van der Waals surface area contributed by atoms with E-state index in [-0.39, 0.29) is 10.8 Å². The average molecular weight is 634 g/mol. The van der Waals surface area contributed by atoms with Gasteiger partial charge >= 0.3 is 0 Å². The normalized spacial score (nSPS) is 15.0. The van der Waals surface area contributed by atoms with Crippen molar-refractivity contribution in [2.24, 2.45) is 0 Å². The van der Waals surface area contributed by atoms with E-state index in [1.165, 1.54) is 92.5 Å². The van der Waals surface area contributed by atoms with Gasteiger partial charge < -0.3 is 4.90 Å². The Morgan fingerprint density at radius 1 is 0.417 bits per heavy atom. The second-order valence-electron chi connectivity index (χ2n) is 14.5. The molecule has 0 atom stereocenters. The van der Waals surface area contributed by atoms with Crippen molar-refractivity contribution < 1.29 is 0 Å². The lowest BCUT2D eigenvalue weighted by molar-refractivity contribution is 0.660. The van der Waals surface area contributed by atoms with Gasteiger partial charge in [-0.25, -0.2) is 0 Å². The number of nitrogens with zero attached hydrogens (tertiary/aromatic N) is 1. The average Bonchev–Trinajstić information content (AvgIpc) is 3.69. The zero-order chi connectivity index (χ0) is 32.4. The van der Waals surface area contributed by atoms with Crippen LogP contribution in [-0.4, -0.2) is 0 Å². The monoisotopic (exact) mass is 633 g/mol. The molecule has 2 heteroatoms. The molecule has 2 aliphatic carbocycles. The number of hydrogen-bond acceptors (Lipinski definition) is 2. The molecule has 0 N–H and O–H groups in total. The number of anilines is 3. The van der Waals surface area contributed by atoms with Crippen molar-refractivity contribution in [3.8, 4) is 22.3 Å². The van der Waals surface area contributed by atoms with Gasteiger partial charge in [-0.1, -0.05) is 131 Å². The van der Waals surface area contributed by atoms with E-state index < -0.39 is 0 Å². The highest BCUT2D eigenvalue weighted by molar-refractivity contribution is 7.26. The number of benzene rings is 7. The van der Waals surface area contributed by atoms with E-state index in [0.717, 1.165) is 0 Å². The summed E-state index contributed by atoms with van der Waals surface area (Å²) in [6.45, 7) is 9.43. The number of hydrogen-bond donors (Lipinski definition) is 0. The fourth-order valence-corrected chi connectivity index (χ4v) is 10.1. The smallest absolute Gasteiger partial charge is 0.0540 e. The number of thiophene rings is 1. The fraction of sp³-hybridized carbons (Fsp3) is 0.130. The molecule has 0 spiro atoms. The minimum absolute atomic E-state index is 0.0373. The van der Waals surface area contributed by atoms with Crippen molar-refractivity contribution >= 4 is 59.3 Å². The Hall–Kier alpha value is -5.18. The highest BCUT2D eigenvalue weighted by atomic mass is 32.1. The Morgan fingerprint density at radius 2 is 0.917 bits per heavy atom. The summed E-state index contributed by atoms with van der Waals surface area (Å²) in [5.74, 6) is 0. The lowest BCUT2D eigenvalue weighted by atomic mass is 9.82. The van der Waals surface area contributed by atoms with E-state index in [4.69, 9.17) is 0 Å². The summed E-state index contributed by atoms with van der Waals surface area (Å²) in [5, 5.41) is 5.23. The Labute approximate surface area is 285 Å². The summed E-state index contributed by atoms with van der Waals surface area (Å²) in [4.78, 5) is 2.50. The van der Waals surface area contributed by atoms with Gasteiger partial charge in [-0.3, -0.25) is 0 Å². The number of fused-ring (bicyclic) bond motifs is 11. The van der Waals surface area contributed by atoms with Gasteiger partial charge in [0, 0.05) is 53.1 Å². The third-order valence-corrected chi connectivity index (χ3v) is 12.5. The summed E-state index contributed by atoms with van der Waals surface area (Å²) < 4.78 is 2.69. The largest absolute Gasteiger partial charge is 0.310 e. The van der Waals surface area contributed by atoms with Crippen molar-refractivity contribution in [1.82, 2.24) is 0 Å². The molecule has 0 saturated carbocycles. The van der Waals surface area contributed by atoms with Crippen LogP contribution in [-0.2, 0) is 10.8 Å². The van der Waals surface area contributed by atoms with E-state index in [1.54, 1.807) is 0 Å². The molecule has 1 heterocycles. The van der Waals surface area contributed by atoms with Crippen molar-refractivity contribution in [2.45, 2.75) is 38.5 Å². The van der Waals surface area contributed by atoms with Crippen molar-refractivity contribution in [3.05, 3.63) is 162 Å². The molecule has 10 rings (SSSR count). The molecule has 48 heavy (non-hydrogen) atoms. The molecule has 0 unspecified atom stereocenters. The van der Waals surface area contributed by atoms with Crippen LogP contribution in [0.3, 0.4) is 0 Å². The molecule has 0 radical (unpaired) electrons. The van der Waals surface area contributed by atoms with Crippen LogP contribution in [0.1, 0.15) is 49.9 Å². The second kappa shape index (κ2) is 9.69. The molecular formula is C46H35NS. The minimum atomic E-state index is -0.0373. The molecule has 230 valence electrons. The highest BCUT2D eigenvalue weighted by Gasteiger charge is 2.37. The van der Waals surface area contributed by atoms with Gasteiger partial charge in [0.25, 0.3) is 0 Å². The molecule has 0 bridgehead atoms. The summed E-state index contributed by atoms with van der Waals surface area (Å²) in [6, 6.07) is 52.5. The second-order valence-corrected chi connectivity index (χ2v) is 15.6. The molecule has 0 aliphatic heterocycles. The molecule has 8 aromatic rings. The maximum Gasteiger partial charge on any atom is 0.0540 e. The molecule has 0 fully saturated rings. The first-order chi connectivity index (χ1) is 23.3. The van der Waals surface area contributed by atoms with Gasteiger partial charge in [0.15, 0.2) is 0 Å². The zero-order valence-corrected chi connectivity index (χ0v) is 28.5. The third kappa shape index (κ3) is 3.67. The molecule has 0 saturated heterocycles. The summed E-state index contributed by atoms with van der Waals surface area (Å²) in [5.41, 5.74) is 14.4.